The summed E-state index contributed by atoms with van der Waals surface area (Å²) in [7, 11) is 0. The van der Waals surface area contributed by atoms with Gasteiger partial charge in [-0.3, -0.25) is 0 Å². The second kappa shape index (κ2) is 8.73. The summed E-state index contributed by atoms with van der Waals surface area (Å²) in [5, 5.41) is 0. The van der Waals surface area contributed by atoms with Crippen LogP contribution in [0.3, 0.4) is 0 Å². The van der Waals surface area contributed by atoms with E-state index in [-0.39, 0.29) is 0 Å². The normalized spacial score (nSPS) is 10.6. The van der Waals surface area contributed by atoms with E-state index in [1.807, 2.05) is 37.3 Å². The Bertz CT molecular complexity index is 595. The first-order valence-corrected chi connectivity index (χ1v) is 7.51. The van der Waals surface area contributed by atoms with Crippen molar-refractivity contribution >= 4 is 0 Å². The molecule has 0 unspecified atom stereocenters. The first-order chi connectivity index (χ1) is 10.8. The second-order valence-electron chi connectivity index (χ2n) is 4.97. The van der Waals surface area contributed by atoms with Gasteiger partial charge in [-0.05, 0) is 55.2 Å². The number of benzene rings is 2. The van der Waals surface area contributed by atoms with Crippen molar-refractivity contribution in [2.75, 3.05) is 6.61 Å². The molecule has 0 fully saturated rings. The predicted octanol–water partition coefficient (Wildman–Crippen LogP) is 4.95. The third kappa shape index (κ3) is 5.13. The summed E-state index contributed by atoms with van der Waals surface area (Å²) in [6, 6.07) is 16.5. The van der Waals surface area contributed by atoms with Gasteiger partial charge in [0, 0.05) is 0 Å². The zero-order valence-corrected chi connectivity index (χ0v) is 13.0. The predicted molar refractivity (Wildman–Crippen MR) is 91.4 cm³/mol. The minimum absolute atomic E-state index is 0.543. The van der Waals surface area contributed by atoms with Crippen LogP contribution in [0.1, 0.15) is 18.1 Å². The van der Waals surface area contributed by atoms with E-state index in [1.54, 1.807) is 12.3 Å². The van der Waals surface area contributed by atoms with Crippen LogP contribution in [0.5, 0.6) is 11.5 Å². The summed E-state index contributed by atoms with van der Waals surface area (Å²) >= 11 is 0. The average Bonchev–Trinajstić information content (AvgIpc) is 2.58. The second-order valence-corrected chi connectivity index (χ2v) is 4.97. The zero-order valence-electron chi connectivity index (χ0n) is 13.0. The van der Waals surface area contributed by atoms with Crippen molar-refractivity contribution in [3.05, 3.63) is 84.7 Å². The maximum atomic E-state index is 5.48. The van der Waals surface area contributed by atoms with Crippen LogP contribution in [0.4, 0.5) is 0 Å². The molecule has 114 valence electrons. The number of ether oxygens (including phenoxy) is 2. The molecule has 0 spiro atoms. The smallest absolute Gasteiger partial charge is 0.126 e. The van der Waals surface area contributed by atoms with Crippen molar-refractivity contribution in [2.45, 2.75) is 19.8 Å². The van der Waals surface area contributed by atoms with Crippen molar-refractivity contribution in [1.82, 2.24) is 0 Å². The van der Waals surface area contributed by atoms with Crippen molar-refractivity contribution in [1.29, 1.82) is 0 Å². The highest BCUT2D eigenvalue weighted by Crippen LogP contribution is 2.16. The molecule has 0 aliphatic heterocycles. The maximum Gasteiger partial charge on any atom is 0.126 e. The van der Waals surface area contributed by atoms with Gasteiger partial charge in [0.25, 0.3) is 0 Å². The van der Waals surface area contributed by atoms with Gasteiger partial charge in [0.15, 0.2) is 0 Å². The van der Waals surface area contributed by atoms with Crippen LogP contribution in [-0.2, 0) is 12.8 Å². The fourth-order valence-electron chi connectivity index (χ4n) is 2.08. The molecule has 2 rings (SSSR count). The SMILES string of the molecule is C=CCOc1ccc(CCc2ccc(O/C=C/C)cc2)cc1. The quantitative estimate of drug-likeness (QED) is 0.506. The molecule has 2 aromatic rings. The molecule has 0 heterocycles. The number of aryl methyl sites for hydroxylation is 2. The molecule has 0 aromatic heterocycles. The van der Waals surface area contributed by atoms with Gasteiger partial charge >= 0.3 is 0 Å². The van der Waals surface area contributed by atoms with E-state index in [4.69, 9.17) is 9.47 Å². The first-order valence-electron chi connectivity index (χ1n) is 7.51. The van der Waals surface area contributed by atoms with Crippen LogP contribution in [0.2, 0.25) is 0 Å². The number of allylic oxidation sites excluding steroid dienone is 1. The number of hydrogen-bond donors (Lipinski definition) is 0. The van der Waals surface area contributed by atoms with E-state index in [2.05, 4.69) is 30.8 Å². The molecule has 0 saturated heterocycles. The highest BCUT2D eigenvalue weighted by atomic mass is 16.5. The zero-order chi connectivity index (χ0) is 15.6. The lowest BCUT2D eigenvalue weighted by Crippen LogP contribution is -1.94. The third-order valence-electron chi connectivity index (χ3n) is 3.26. The Labute approximate surface area is 132 Å². The topological polar surface area (TPSA) is 18.5 Å². The molecule has 0 aliphatic rings. The molecule has 22 heavy (non-hydrogen) atoms. The summed E-state index contributed by atoms with van der Waals surface area (Å²) < 4.78 is 10.9. The highest BCUT2D eigenvalue weighted by molar-refractivity contribution is 5.30. The van der Waals surface area contributed by atoms with Gasteiger partial charge in [0.1, 0.15) is 18.1 Å². The lowest BCUT2D eigenvalue weighted by molar-refractivity contribution is 0.363. The highest BCUT2D eigenvalue weighted by Gasteiger charge is 1.98. The summed E-state index contributed by atoms with van der Waals surface area (Å²) in [5.74, 6) is 1.75. The van der Waals surface area contributed by atoms with E-state index < -0.39 is 0 Å². The maximum absolute atomic E-state index is 5.48. The van der Waals surface area contributed by atoms with Gasteiger partial charge in [-0.25, -0.2) is 0 Å². The molecular weight excluding hydrogens is 272 g/mol. The van der Waals surface area contributed by atoms with Gasteiger partial charge in [0.05, 0.1) is 6.26 Å². The standard InChI is InChI=1S/C20H22O2/c1-3-15-21-19-11-7-17(8-12-19)5-6-18-9-13-20(14-10-18)22-16-4-2/h3-4,7-14,16H,1,5-6,15H2,2H3/b16-4+. The minimum atomic E-state index is 0.543. The molecule has 0 amide bonds. The van der Waals surface area contributed by atoms with E-state index in [1.165, 1.54) is 11.1 Å². The largest absolute Gasteiger partial charge is 0.490 e. The molecular formula is C20H22O2. The Morgan fingerprint density at radius 2 is 1.41 bits per heavy atom. The van der Waals surface area contributed by atoms with E-state index >= 15 is 0 Å². The molecule has 0 aliphatic carbocycles. The van der Waals surface area contributed by atoms with Gasteiger partial charge in [-0.1, -0.05) is 43.0 Å². The Morgan fingerprint density at radius 1 is 0.864 bits per heavy atom. The molecule has 0 saturated carbocycles. The van der Waals surface area contributed by atoms with Crippen LogP contribution >= 0.6 is 0 Å². The molecule has 0 bridgehead atoms. The molecule has 0 radical (unpaired) electrons. The minimum Gasteiger partial charge on any atom is -0.490 e. The van der Waals surface area contributed by atoms with E-state index in [9.17, 15) is 0 Å². The van der Waals surface area contributed by atoms with Crippen LogP contribution in [0.25, 0.3) is 0 Å². The van der Waals surface area contributed by atoms with Crippen molar-refractivity contribution in [3.63, 3.8) is 0 Å². The molecule has 2 aromatic carbocycles. The van der Waals surface area contributed by atoms with Gasteiger partial charge in [0.2, 0.25) is 0 Å². The van der Waals surface area contributed by atoms with Crippen molar-refractivity contribution < 1.29 is 9.47 Å². The summed E-state index contributed by atoms with van der Waals surface area (Å²) in [4.78, 5) is 0. The Balaban J connectivity index is 1.85. The fourth-order valence-corrected chi connectivity index (χ4v) is 2.08. The summed E-state index contributed by atoms with van der Waals surface area (Å²) in [6.07, 6.45) is 7.33. The van der Waals surface area contributed by atoms with Gasteiger partial charge in [-0.2, -0.15) is 0 Å². The van der Waals surface area contributed by atoms with Crippen LogP contribution in [0.15, 0.2) is 73.5 Å². The molecule has 2 heteroatoms. The van der Waals surface area contributed by atoms with E-state index in [0.29, 0.717) is 6.61 Å². The fraction of sp³-hybridized carbons (Fsp3) is 0.200. The van der Waals surface area contributed by atoms with Crippen molar-refractivity contribution in [2.24, 2.45) is 0 Å². The van der Waals surface area contributed by atoms with Crippen LogP contribution in [-0.4, -0.2) is 6.61 Å². The van der Waals surface area contributed by atoms with E-state index in [0.717, 1.165) is 24.3 Å². The third-order valence-corrected chi connectivity index (χ3v) is 3.26. The molecule has 2 nitrogen and oxygen atoms in total. The summed E-state index contributed by atoms with van der Waals surface area (Å²) in [5.41, 5.74) is 2.61. The van der Waals surface area contributed by atoms with Gasteiger partial charge < -0.3 is 9.47 Å². The number of hydrogen-bond acceptors (Lipinski definition) is 2. The monoisotopic (exact) mass is 294 g/mol. The molecule has 0 N–H and O–H groups in total. The number of rotatable bonds is 8. The first kappa shape index (κ1) is 15.9. The summed E-state index contributed by atoms with van der Waals surface area (Å²) in [6.45, 7) is 6.12. The van der Waals surface area contributed by atoms with Crippen LogP contribution < -0.4 is 9.47 Å². The van der Waals surface area contributed by atoms with Crippen LogP contribution in [0, 0.1) is 0 Å². The average molecular weight is 294 g/mol. The lowest BCUT2D eigenvalue weighted by atomic mass is 10.0. The van der Waals surface area contributed by atoms with Crippen molar-refractivity contribution in [3.8, 4) is 11.5 Å². The Morgan fingerprint density at radius 3 is 1.91 bits per heavy atom. The Kier molecular flexibility index (Phi) is 6.31. The Hall–Kier alpha value is -2.48. The molecule has 0 atom stereocenters. The lowest BCUT2D eigenvalue weighted by Gasteiger charge is -2.06. The van der Waals surface area contributed by atoms with Gasteiger partial charge in [-0.15, -0.1) is 0 Å².